The lowest BCUT2D eigenvalue weighted by molar-refractivity contribution is -0.120. The molecule has 3 aromatic carbocycles. The van der Waals surface area contributed by atoms with Gasteiger partial charge in [0, 0.05) is 5.56 Å². The highest BCUT2D eigenvalue weighted by atomic mass is 35.5. The molecule has 30 heavy (non-hydrogen) atoms. The lowest BCUT2D eigenvalue weighted by Crippen LogP contribution is -2.19. The zero-order valence-corrected chi connectivity index (χ0v) is 17.0. The van der Waals surface area contributed by atoms with Crippen molar-refractivity contribution in [1.29, 1.82) is 0 Å². The monoisotopic (exact) mass is 446 g/mol. The maximum atomic E-state index is 13.2. The summed E-state index contributed by atoms with van der Waals surface area (Å²) >= 11 is 5.83. The second-order valence-corrected chi connectivity index (χ2v) is 8.03. The Kier molecular flexibility index (Phi) is 6.81. The molecule has 0 spiro atoms. The average Bonchev–Trinajstić information content (AvgIpc) is 2.69. The Hall–Kier alpha value is -3.23. The van der Waals surface area contributed by atoms with E-state index in [2.05, 4.69) is 10.5 Å². The van der Waals surface area contributed by atoms with Gasteiger partial charge >= 0.3 is 10.1 Å². The Balaban J connectivity index is 1.72. The molecular formula is C21H16ClFN2O4S. The predicted molar refractivity (Wildman–Crippen MR) is 112 cm³/mol. The number of nitrogens with zero attached hydrogens (tertiary/aromatic N) is 1. The van der Waals surface area contributed by atoms with Crippen LogP contribution in [0.4, 0.5) is 4.39 Å². The van der Waals surface area contributed by atoms with Gasteiger partial charge in [-0.15, -0.1) is 0 Å². The van der Waals surface area contributed by atoms with Crippen LogP contribution in [0.5, 0.6) is 5.75 Å². The maximum absolute atomic E-state index is 13.2. The van der Waals surface area contributed by atoms with E-state index in [1.807, 2.05) is 30.3 Å². The lowest BCUT2D eigenvalue weighted by Gasteiger charge is -2.10. The van der Waals surface area contributed by atoms with Gasteiger partial charge in [-0.05, 0) is 35.9 Å². The third-order valence-electron chi connectivity index (χ3n) is 3.88. The van der Waals surface area contributed by atoms with Crippen LogP contribution in [-0.2, 0) is 21.3 Å². The van der Waals surface area contributed by atoms with E-state index in [-0.39, 0.29) is 28.0 Å². The van der Waals surface area contributed by atoms with Gasteiger partial charge in [0.25, 0.3) is 0 Å². The van der Waals surface area contributed by atoms with Crippen molar-refractivity contribution >= 4 is 33.8 Å². The molecule has 3 aromatic rings. The first-order chi connectivity index (χ1) is 14.3. The fourth-order valence-corrected chi connectivity index (χ4v) is 3.96. The minimum atomic E-state index is -4.31. The zero-order chi connectivity index (χ0) is 21.6. The Morgan fingerprint density at radius 3 is 2.50 bits per heavy atom. The van der Waals surface area contributed by atoms with Gasteiger partial charge in [0.15, 0.2) is 5.75 Å². The van der Waals surface area contributed by atoms with Crippen LogP contribution in [0, 0.1) is 5.82 Å². The molecule has 0 aliphatic heterocycles. The standard InChI is InChI=1S/C21H16ClFN2O4S/c22-18-13-17(23)10-11-20(18)30(27,28)29-19-9-5-4-8-16(19)14-24-25-21(26)12-15-6-2-1-3-7-15/h1-11,13-14H,12H2,(H,25,26)/b24-14+. The largest absolute Gasteiger partial charge is 0.378 e. The van der Waals surface area contributed by atoms with E-state index in [0.29, 0.717) is 5.56 Å². The minimum absolute atomic E-state index is 0.0287. The van der Waals surface area contributed by atoms with Crippen LogP contribution in [0.3, 0.4) is 0 Å². The second-order valence-electron chi connectivity index (χ2n) is 6.11. The molecule has 154 valence electrons. The van der Waals surface area contributed by atoms with E-state index in [9.17, 15) is 17.6 Å². The number of halogens is 2. The highest BCUT2D eigenvalue weighted by molar-refractivity contribution is 7.87. The number of nitrogens with one attached hydrogen (secondary N) is 1. The molecule has 1 N–H and O–H groups in total. The first-order valence-electron chi connectivity index (χ1n) is 8.69. The molecule has 1 amide bonds. The third kappa shape index (κ3) is 5.65. The predicted octanol–water partition coefficient (Wildman–Crippen LogP) is 3.94. The van der Waals surface area contributed by atoms with Crippen LogP contribution in [0.2, 0.25) is 5.02 Å². The van der Waals surface area contributed by atoms with Gasteiger partial charge in [-0.1, -0.05) is 54.1 Å². The number of carbonyl (C=O) groups excluding carboxylic acids is 1. The van der Waals surface area contributed by atoms with Gasteiger partial charge in [-0.3, -0.25) is 4.79 Å². The van der Waals surface area contributed by atoms with E-state index in [1.54, 1.807) is 18.2 Å². The van der Waals surface area contributed by atoms with Crippen LogP contribution in [0.1, 0.15) is 11.1 Å². The zero-order valence-electron chi connectivity index (χ0n) is 15.5. The first kappa shape index (κ1) is 21.5. The molecule has 0 radical (unpaired) electrons. The molecule has 6 nitrogen and oxygen atoms in total. The van der Waals surface area contributed by atoms with Crippen molar-refractivity contribution < 1.29 is 21.8 Å². The van der Waals surface area contributed by atoms with Crippen LogP contribution in [0.25, 0.3) is 0 Å². The van der Waals surface area contributed by atoms with Crippen molar-refractivity contribution in [1.82, 2.24) is 5.43 Å². The summed E-state index contributed by atoms with van der Waals surface area (Å²) in [4.78, 5) is 11.6. The summed E-state index contributed by atoms with van der Waals surface area (Å²) in [5.74, 6) is -1.03. The van der Waals surface area contributed by atoms with Gasteiger partial charge in [0.2, 0.25) is 5.91 Å². The van der Waals surface area contributed by atoms with Crippen molar-refractivity contribution in [3.8, 4) is 5.75 Å². The molecule has 0 saturated carbocycles. The molecule has 0 unspecified atom stereocenters. The summed E-state index contributed by atoms with van der Waals surface area (Å²) in [6, 6.07) is 18.2. The van der Waals surface area contributed by atoms with E-state index in [4.69, 9.17) is 15.8 Å². The number of para-hydroxylation sites is 1. The van der Waals surface area contributed by atoms with Crippen molar-refractivity contribution in [2.75, 3.05) is 0 Å². The summed E-state index contributed by atoms with van der Waals surface area (Å²) < 4.78 is 43.4. The number of hydrogen-bond donors (Lipinski definition) is 1. The Bertz CT molecular complexity index is 1180. The molecule has 0 aliphatic rings. The number of amides is 1. The quantitative estimate of drug-likeness (QED) is 0.338. The normalized spacial score (nSPS) is 11.4. The summed E-state index contributed by atoms with van der Waals surface area (Å²) in [5, 5.41) is 3.56. The van der Waals surface area contributed by atoms with Gasteiger partial charge in [-0.2, -0.15) is 13.5 Å². The summed E-state index contributed by atoms with van der Waals surface area (Å²) in [7, 11) is -4.31. The third-order valence-corrected chi connectivity index (χ3v) is 5.60. The van der Waals surface area contributed by atoms with Crippen LogP contribution in [-0.4, -0.2) is 20.5 Å². The van der Waals surface area contributed by atoms with E-state index in [0.717, 1.165) is 23.8 Å². The average molecular weight is 447 g/mol. The summed E-state index contributed by atoms with van der Waals surface area (Å²) in [6.45, 7) is 0. The minimum Gasteiger partial charge on any atom is -0.378 e. The fraction of sp³-hybridized carbons (Fsp3) is 0.0476. The molecular weight excluding hydrogens is 431 g/mol. The molecule has 0 heterocycles. The smallest absolute Gasteiger partial charge is 0.340 e. The van der Waals surface area contributed by atoms with Crippen molar-refractivity contribution in [3.05, 3.63) is 94.8 Å². The van der Waals surface area contributed by atoms with E-state index >= 15 is 0 Å². The molecule has 0 atom stereocenters. The SMILES string of the molecule is O=C(Cc1ccccc1)N/N=C/c1ccccc1OS(=O)(=O)c1ccc(F)cc1Cl. The number of benzene rings is 3. The van der Waals surface area contributed by atoms with Crippen LogP contribution in [0.15, 0.2) is 82.8 Å². The lowest BCUT2D eigenvalue weighted by atomic mass is 10.1. The van der Waals surface area contributed by atoms with Crippen molar-refractivity contribution in [2.45, 2.75) is 11.3 Å². The van der Waals surface area contributed by atoms with Crippen LogP contribution >= 0.6 is 11.6 Å². The molecule has 0 aromatic heterocycles. The number of carbonyl (C=O) groups is 1. The number of hydrogen-bond acceptors (Lipinski definition) is 5. The Labute approximate surface area is 178 Å². The molecule has 9 heteroatoms. The number of hydrazone groups is 1. The molecule has 0 fully saturated rings. The molecule has 3 rings (SSSR count). The first-order valence-corrected chi connectivity index (χ1v) is 10.5. The summed E-state index contributed by atoms with van der Waals surface area (Å²) in [5.41, 5.74) is 3.51. The highest BCUT2D eigenvalue weighted by Crippen LogP contribution is 2.27. The number of rotatable bonds is 7. The highest BCUT2D eigenvalue weighted by Gasteiger charge is 2.22. The summed E-state index contributed by atoms with van der Waals surface area (Å²) in [6.07, 6.45) is 1.41. The van der Waals surface area contributed by atoms with E-state index < -0.39 is 15.9 Å². The second kappa shape index (κ2) is 9.51. The van der Waals surface area contributed by atoms with Gasteiger partial charge < -0.3 is 4.18 Å². The topological polar surface area (TPSA) is 84.8 Å². The van der Waals surface area contributed by atoms with Gasteiger partial charge in [0.05, 0.1) is 17.7 Å². The fourth-order valence-electron chi connectivity index (χ4n) is 2.50. The molecule has 0 saturated heterocycles. The maximum Gasteiger partial charge on any atom is 0.340 e. The van der Waals surface area contributed by atoms with Gasteiger partial charge in [-0.25, -0.2) is 9.82 Å². The Morgan fingerprint density at radius 2 is 1.77 bits per heavy atom. The van der Waals surface area contributed by atoms with Crippen LogP contribution < -0.4 is 9.61 Å². The molecule has 0 aliphatic carbocycles. The van der Waals surface area contributed by atoms with E-state index in [1.165, 1.54) is 12.3 Å². The Morgan fingerprint density at radius 1 is 1.07 bits per heavy atom. The van der Waals surface area contributed by atoms with Crippen molar-refractivity contribution in [2.24, 2.45) is 5.10 Å². The van der Waals surface area contributed by atoms with Gasteiger partial charge in [0.1, 0.15) is 10.7 Å². The molecule has 0 bridgehead atoms. The van der Waals surface area contributed by atoms with Crippen molar-refractivity contribution in [3.63, 3.8) is 0 Å².